The van der Waals surface area contributed by atoms with Crippen LogP contribution >= 0.6 is 0 Å². The van der Waals surface area contributed by atoms with Gasteiger partial charge in [0.1, 0.15) is 18.1 Å². The van der Waals surface area contributed by atoms with Gasteiger partial charge < -0.3 is 30.4 Å². The second-order valence-corrected chi connectivity index (χ2v) is 8.18. The summed E-state index contributed by atoms with van der Waals surface area (Å²) in [6.45, 7) is 1.09. The molecule has 0 spiro atoms. The number of nitrogens with one attached hydrogen (secondary N) is 1. The third kappa shape index (κ3) is 7.22. The van der Waals surface area contributed by atoms with Crippen LogP contribution in [0.4, 0.5) is 0 Å². The van der Waals surface area contributed by atoms with Gasteiger partial charge in [0, 0.05) is 19.7 Å². The number of carbonyl (C=O) groups is 1. The molecule has 32 heavy (non-hydrogen) atoms. The molecule has 2 unspecified atom stereocenters. The van der Waals surface area contributed by atoms with Crippen LogP contribution in [0.25, 0.3) is 0 Å². The fourth-order valence-corrected chi connectivity index (χ4v) is 4.07. The van der Waals surface area contributed by atoms with E-state index >= 15 is 0 Å². The topological polar surface area (TPSA) is 103 Å². The first-order valence-electron chi connectivity index (χ1n) is 11.2. The number of benzene rings is 2. The van der Waals surface area contributed by atoms with Crippen LogP contribution in [0, 0.1) is 5.92 Å². The summed E-state index contributed by atoms with van der Waals surface area (Å²) in [5.74, 6) is 1.31. The summed E-state index contributed by atoms with van der Waals surface area (Å²) in [5, 5.41) is 13.3. The summed E-state index contributed by atoms with van der Waals surface area (Å²) in [7, 11) is 1.59. The minimum absolute atomic E-state index is 0.0588. The molecular formula is C25H34N2O5. The highest BCUT2D eigenvalue weighted by Crippen LogP contribution is 2.36. The van der Waals surface area contributed by atoms with Crippen molar-refractivity contribution in [2.24, 2.45) is 11.7 Å². The number of aryl methyl sites for hydroxylation is 1. The Morgan fingerprint density at radius 3 is 2.78 bits per heavy atom. The summed E-state index contributed by atoms with van der Waals surface area (Å²) in [6.07, 6.45) is 2.87. The molecule has 0 radical (unpaired) electrons. The molecule has 7 nitrogen and oxygen atoms in total. The van der Waals surface area contributed by atoms with Gasteiger partial charge in [-0.15, -0.1) is 0 Å². The molecule has 2 aromatic rings. The molecule has 1 amide bonds. The number of rotatable bonds is 11. The van der Waals surface area contributed by atoms with Crippen molar-refractivity contribution < 1.29 is 24.1 Å². The maximum Gasteiger partial charge on any atom is 0.258 e. The van der Waals surface area contributed by atoms with E-state index in [0.29, 0.717) is 25.3 Å². The lowest BCUT2D eigenvalue weighted by Crippen LogP contribution is -2.31. The molecule has 7 heteroatoms. The lowest BCUT2D eigenvalue weighted by molar-refractivity contribution is -0.123. The number of ether oxygens (including phenoxy) is 3. The van der Waals surface area contributed by atoms with Gasteiger partial charge in [0.25, 0.3) is 5.91 Å². The quantitative estimate of drug-likeness (QED) is 0.365. The number of amides is 1. The second kappa shape index (κ2) is 12.4. The number of nitrogens with two attached hydrogens (primary N) is 1. The van der Waals surface area contributed by atoms with Gasteiger partial charge in [-0.2, -0.15) is 0 Å². The van der Waals surface area contributed by atoms with Crippen molar-refractivity contribution in [3.05, 3.63) is 59.7 Å². The molecule has 0 heterocycles. The van der Waals surface area contributed by atoms with Gasteiger partial charge in [-0.25, -0.2) is 0 Å². The Balaban J connectivity index is 1.56. The number of fused-ring (bicyclic) bond motifs is 1. The zero-order valence-electron chi connectivity index (χ0n) is 18.7. The lowest BCUT2D eigenvalue weighted by Gasteiger charge is -2.25. The minimum atomic E-state index is -0.594. The second-order valence-electron chi connectivity index (χ2n) is 8.18. The molecule has 0 aliphatic heterocycles. The van der Waals surface area contributed by atoms with E-state index < -0.39 is 6.10 Å². The van der Waals surface area contributed by atoms with Crippen LogP contribution in [-0.2, 0) is 16.0 Å². The van der Waals surface area contributed by atoms with E-state index in [9.17, 15) is 9.90 Å². The summed E-state index contributed by atoms with van der Waals surface area (Å²) in [4.78, 5) is 11.9. The van der Waals surface area contributed by atoms with Crippen LogP contribution in [0.2, 0.25) is 0 Å². The molecule has 2 aromatic carbocycles. The van der Waals surface area contributed by atoms with Crippen LogP contribution in [0.3, 0.4) is 0 Å². The van der Waals surface area contributed by atoms with Crippen molar-refractivity contribution in [1.82, 2.24) is 5.32 Å². The Morgan fingerprint density at radius 1 is 1.19 bits per heavy atom. The molecule has 0 aromatic heterocycles. The van der Waals surface area contributed by atoms with E-state index in [1.807, 2.05) is 48.5 Å². The minimum Gasteiger partial charge on any atom is -0.491 e. The van der Waals surface area contributed by atoms with Gasteiger partial charge in [-0.3, -0.25) is 4.79 Å². The molecule has 3 atom stereocenters. The van der Waals surface area contributed by atoms with Crippen molar-refractivity contribution in [3.8, 4) is 11.5 Å². The maximum absolute atomic E-state index is 11.9. The third-order valence-corrected chi connectivity index (χ3v) is 5.76. The van der Waals surface area contributed by atoms with Crippen LogP contribution in [0.1, 0.15) is 36.4 Å². The Morgan fingerprint density at radius 2 is 2.00 bits per heavy atom. The first-order chi connectivity index (χ1) is 15.6. The van der Waals surface area contributed by atoms with Crippen molar-refractivity contribution in [2.45, 2.75) is 37.8 Å². The normalized spacial score (nSPS) is 18.8. The van der Waals surface area contributed by atoms with E-state index in [0.717, 1.165) is 30.6 Å². The van der Waals surface area contributed by atoms with Gasteiger partial charge in [0.05, 0.1) is 12.7 Å². The summed E-state index contributed by atoms with van der Waals surface area (Å²) >= 11 is 0. The van der Waals surface area contributed by atoms with Crippen molar-refractivity contribution >= 4 is 5.91 Å². The maximum atomic E-state index is 11.9. The summed E-state index contributed by atoms with van der Waals surface area (Å²) < 4.78 is 16.3. The van der Waals surface area contributed by atoms with E-state index in [1.54, 1.807) is 7.11 Å². The Labute approximate surface area is 189 Å². The van der Waals surface area contributed by atoms with Gasteiger partial charge in [-0.05, 0) is 67.0 Å². The highest BCUT2D eigenvalue weighted by Gasteiger charge is 2.27. The van der Waals surface area contributed by atoms with Gasteiger partial charge in [-0.1, -0.05) is 24.3 Å². The zero-order valence-corrected chi connectivity index (χ0v) is 18.7. The molecule has 0 fully saturated rings. The number of carbonyl (C=O) groups excluding carboxylic acids is 1. The van der Waals surface area contributed by atoms with Crippen LogP contribution in [0.15, 0.2) is 48.5 Å². The highest BCUT2D eigenvalue weighted by molar-refractivity contribution is 5.77. The van der Waals surface area contributed by atoms with E-state index in [2.05, 4.69) is 5.32 Å². The van der Waals surface area contributed by atoms with Gasteiger partial charge in [0.15, 0.2) is 6.61 Å². The van der Waals surface area contributed by atoms with E-state index in [4.69, 9.17) is 19.9 Å². The standard InChI is InChI=1S/C25H34N2O5/c1-30-13-12-27-24(29)17-32-22-11-10-18-6-5-7-19(25(26)23(18)15-22)14-20(28)16-31-21-8-3-2-4-9-21/h2-4,8-11,15,19-20,25,28H,5-7,12-14,16-17,26H2,1H3,(H,27,29)/t19?,20-,25?/m0/s1. The monoisotopic (exact) mass is 442 g/mol. The molecule has 174 valence electrons. The summed E-state index contributed by atoms with van der Waals surface area (Å²) in [6, 6.07) is 15.1. The van der Waals surface area contributed by atoms with Crippen molar-refractivity contribution in [1.29, 1.82) is 0 Å². The molecule has 1 aliphatic rings. The number of para-hydroxylation sites is 1. The predicted molar refractivity (Wildman–Crippen MR) is 123 cm³/mol. The van der Waals surface area contributed by atoms with Crippen LogP contribution in [0.5, 0.6) is 11.5 Å². The predicted octanol–water partition coefficient (Wildman–Crippen LogP) is 2.61. The van der Waals surface area contributed by atoms with Crippen LogP contribution in [-0.4, -0.2) is 50.6 Å². The fraction of sp³-hybridized carbons (Fsp3) is 0.480. The van der Waals surface area contributed by atoms with Crippen LogP contribution < -0.4 is 20.5 Å². The number of methoxy groups -OCH3 is 1. The average Bonchev–Trinajstić information content (AvgIpc) is 2.96. The first kappa shape index (κ1) is 24.0. The molecule has 0 bridgehead atoms. The zero-order chi connectivity index (χ0) is 22.8. The number of hydrogen-bond donors (Lipinski definition) is 3. The number of aliphatic hydroxyl groups is 1. The Hall–Kier alpha value is -2.61. The molecular weight excluding hydrogens is 408 g/mol. The Bertz CT molecular complexity index is 845. The highest BCUT2D eigenvalue weighted by atomic mass is 16.5. The largest absolute Gasteiger partial charge is 0.491 e. The lowest BCUT2D eigenvalue weighted by atomic mass is 9.87. The molecule has 4 N–H and O–H groups in total. The van der Waals surface area contributed by atoms with Gasteiger partial charge >= 0.3 is 0 Å². The third-order valence-electron chi connectivity index (χ3n) is 5.76. The number of hydrogen-bond acceptors (Lipinski definition) is 6. The molecule has 0 saturated heterocycles. The SMILES string of the molecule is COCCNC(=O)COc1ccc2c(c1)C(N)C(C[C@H](O)COc1ccccc1)CCC2. The molecule has 0 saturated carbocycles. The molecule has 1 aliphatic carbocycles. The van der Waals surface area contributed by atoms with Crippen molar-refractivity contribution in [2.75, 3.05) is 33.5 Å². The fourth-order valence-electron chi connectivity index (χ4n) is 4.07. The first-order valence-corrected chi connectivity index (χ1v) is 11.2. The smallest absolute Gasteiger partial charge is 0.258 e. The van der Waals surface area contributed by atoms with Gasteiger partial charge in [0.2, 0.25) is 0 Å². The van der Waals surface area contributed by atoms with Crippen molar-refractivity contribution in [3.63, 3.8) is 0 Å². The summed E-state index contributed by atoms with van der Waals surface area (Å²) in [5.41, 5.74) is 8.88. The van der Waals surface area contributed by atoms with E-state index in [1.165, 1.54) is 5.56 Å². The average molecular weight is 443 g/mol. The Kier molecular flexibility index (Phi) is 9.34. The van der Waals surface area contributed by atoms with E-state index in [-0.39, 0.29) is 31.1 Å². The molecule has 3 rings (SSSR count). The number of aliphatic hydroxyl groups excluding tert-OH is 1.